The molecule has 4 heteroatoms. The van der Waals surface area contributed by atoms with Gasteiger partial charge in [0.1, 0.15) is 5.82 Å². The molecule has 0 fully saturated rings. The van der Waals surface area contributed by atoms with Gasteiger partial charge >= 0.3 is 0 Å². The van der Waals surface area contributed by atoms with Crippen LogP contribution in [0.2, 0.25) is 0 Å². The van der Waals surface area contributed by atoms with Crippen LogP contribution >= 0.6 is 12.6 Å². The highest BCUT2D eigenvalue weighted by Crippen LogP contribution is 2.32. The van der Waals surface area contributed by atoms with Gasteiger partial charge in [-0.1, -0.05) is 18.2 Å². The molecule has 1 unspecified atom stereocenters. The Hall–Kier alpha value is -1.03. The van der Waals surface area contributed by atoms with Gasteiger partial charge in [0, 0.05) is 16.7 Å². The highest BCUT2D eigenvalue weighted by molar-refractivity contribution is 7.81. The highest BCUT2D eigenvalue weighted by atomic mass is 32.1. The summed E-state index contributed by atoms with van der Waals surface area (Å²) in [5, 5.41) is 0. The van der Waals surface area contributed by atoms with Gasteiger partial charge in [0.05, 0.1) is 0 Å². The predicted octanol–water partition coefficient (Wildman–Crippen LogP) is 1.85. The molecule has 1 rings (SSSR count). The van der Waals surface area contributed by atoms with Gasteiger partial charge in [-0.05, 0) is 13.0 Å². The van der Waals surface area contributed by atoms with Crippen molar-refractivity contribution in [2.45, 2.75) is 18.1 Å². The summed E-state index contributed by atoms with van der Waals surface area (Å²) < 4.78 is 12.5. The van der Waals surface area contributed by atoms with Crippen LogP contribution in [0.25, 0.3) is 0 Å². The summed E-state index contributed by atoms with van der Waals surface area (Å²) in [7, 11) is 0. The van der Waals surface area contributed by atoms with Crippen LogP contribution in [0.3, 0.4) is 0 Å². The molecule has 76 valence electrons. The number of carbonyl (C=O) groups excluding carboxylic acids is 1. The van der Waals surface area contributed by atoms with Crippen LogP contribution in [0.1, 0.15) is 18.9 Å². The van der Waals surface area contributed by atoms with E-state index in [0.29, 0.717) is 5.56 Å². The molecule has 0 bridgehead atoms. The summed E-state index contributed by atoms with van der Waals surface area (Å²) in [5.74, 6) is -0.864. The Morgan fingerprint density at radius 2 is 2.14 bits per heavy atom. The van der Waals surface area contributed by atoms with E-state index in [1.54, 1.807) is 25.1 Å². The fourth-order valence-corrected chi connectivity index (χ4v) is 1.67. The van der Waals surface area contributed by atoms with Gasteiger partial charge in [-0.3, -0.25) is 4.79 Å². The lowest BCUT2D eigenvalue weighted by molar-refractivity contribution is -0.118. The van der Waals surface area contributed by atoms with Gasteiger partial charge < -0.3 is 5.73 Å². The van der Waals surface area contributed by atoms with Gasteiger partial charge in [-0.2, -0.15) is 12.6 Å². The Balaban J connectivity index is 3.03. The molecule has 0 saturated carbocycles. The molecular weight excluding hydrogens is 201 g/mol. The second kappa shape index (κ2) is 4.00. The van der Waals surface area contributed by atoms with Crippen molar-refractivity contribution in [3.05, 3.63) is 35.6 Å². The standard InChI is InChI=1S/C10H12FNOS/c1-10(14,6-9(12)13)7-4-2-3-5-8(7)11/h2-5,14H,6H2,1H3,(H2,12,13). The first-order chi connectivity index (χ1) is 6.43. The molecule has 0 radical (unpaired) electrons. The number of hydrogen-bond acceptors (Lipinski definition) is 2. The number of hydrogen-bond donors (Lipinski definition) is 2. The van der Waals surface area contributed by atoms with Crippen LogP contribution in [-0.2, 0) is 9.54 Å². The van der Waals surface area contributed by atoms with Crippen molar-refractivity contribution < 1.29 is 9.18 Å². The maximum absolute atomic E-state index is 13.3. The fraction of sp³-hybridized carbons (Fsp3) is 0.300. The van der Waals surface area contributed by atoms with Crippen molar-refractivity contribution in [3.8, 4) is 0 Å². The van der Waals surface area contributed by atoms with E-state index < -0.39 is 10.7 Å². The van der Waals surface area contributed by atoms with E-state index in [9.17, 15) is 9.18 Å². The maximum Gasteiger partial charge on any atom is 0.219 e. The SMILES string of the molecule is CC(S)(CC(N)=O)c1ccccc1F. The van der Waals surface area contributed by atoms with Gasteiger partial charge in [-0.25, -0.2) is 4.39 Å². The molecule has 2 N–H and O–H groups in total. The Bertz CT molecular complexity index is 352. The van der Waals surface area contributed by atoms with Crippen molar-refractivity contribution in [1.29, 1.82) is 0 Å². The molecular formula is C10H12FNOS. The third-order valence-electron chi connectivity index (χ3n) is 1.97. The van der Waals surface area contributed by atoms with Gasteiger partial charge in [-0.15, -0.1) is 0 Å². The van der Waals surface area contributed by atoms with E-state index in [4.69, 9.17) is 5.73 Å². The minimum absolute atomic E-state index is 0.0110. The molecule has 0 spiro atoms. The van der Waals surface area contributed by atoms with E-state index in [0.717, 1.165) is 0 Å². The zero-order valence-corrected chi connectivity index (χ0v) is 8.72. The number of primary amides is 1. The first kappa shape index (κ1) is 11.0. The van der Waals surface area contributed by atoms with Crippen LogP contribution in [0.4, 0.5) is 4.39 Å². The van der Waals surface area contributed by atoms with Gasteiger partial charge in [0.2, 0.25) is 5.91 Å². The van der Waals surface area contributed by atoms with E-state index in [-0.39, 0.29) is 12.2 Å². The third kappa shape index (κ3) is 2.48. The maximum atomic E-state index is 13.3. The fourth-order valence-electron chi connectivity index (χ4n) is 1.33. The van der Waals surface area contributed by atoms with Crippen molar-refractivity contribution in [2.75, 3.05) is 0 Å². The molecule has 0 aliphatic carbocycles. The second-order valence-corrected chi connectivity index (χ2v) is 4.38. The molecule has 0 saturated heterocycles. The van der Waals surface area contributed by atoms with E-state index >= 15 is 0 Å². The molecule has 1 atom stereocenters. The number of halogens is 1. The molecule has 14 heavy (non-hydrogen) atoms. The van der Waals surface area contributed by atoms with Crippen molar-refractivity contribution in [3.63, 3.8) is 0 Å². The normalized spacial score (nSPS) is 14.8. The topological polar surface area (TPSA) is 43.1 Å². The molecule has 0 heterocycles. The molecule has 1 amide bonds. The zero-order chi connectivity index (χ0) is 10.8. The molecule has 1 aromatic rings. The molecule has 0 aromatic heterocycles. The van der Waals surface area contributed by atoms with Crippen LogP contribution in [0, 0.1) is 5.82 Å². The van der Waals surface area contributed by atoms with Crippen LogP contribution < -0.4 is 5.73 Å². The Labute approximate surface area is 87.7 Å². The number of amides is 1. The van der Waals surface area contributed by atoms with Crippen molar-refractivity contribution >= 4 is 18.5 Å². The smallest absolute Gasteiger partial charge is 0.219 e. The van der Waals surface area contributed by atoms with Crippen LogP contribution in [0.15, 0.2) is 24.3 Å². The van der Waals surface area contributed by atoms with Crippen molar-refractivity contribution in [1.82, 2.24) is 0 Å². The van der Waals surface area contributed by atoms with E-state index in [1.165, 1.54) is 6.07 Å². The highest BCUT2D eigenvalue weighted by Gasteiger charge is 2.26. The average Bonchev–Trinajstić information content (AvgIpc) is 2.02. The van der Waals surface area contributed by atoms with E-state index in [2.05, 4.69) is 12.6 Å². The Kier molecular flexibility index (Phi) is 3.16. The quantitative estimate of drug-likeness (QED) is 0.739. The van der Waals surface area contributed by atoms with Gasteiger partial charge in [0.15, 0.2) is 0 Å². The third-order valence-corrected chi connectivity index (χ3v) is 2.37. The molecule has 2 nitrogen and oxygen atoms in total. The Morgan fingerprint density at radius 1 is 1.57 bits per heavy atom. The number of rotatable bonds is 3. The number of nitrogens with two attached hydrogens (primary N) is 1. The van der Waals surface area contributed by atoms with Crippen LogP contribution in [-0.4, -0.2) is 5.91 Å². The van der Waals surface area contributed by atoms with E-state index in [1.807, 2.05) is 0 Å². The number of carbonyl (C=O) groups is 1. The summed E-state index contributed by atoms with van der Waals surface area (Å²) in [6, 6.07) is 6.23. The monoisotopic (exact) mass is 213 g/mol. The summed E-state index contributed by atoms with van der Waals surface area (Å²) in [6.45, 7) is 1.67. The predicted molar refractivity (Wildman–Crippen MR) is 56.5 cm³/mol. The number of thiol groups is 1. The summed E-state index contributed by atoms with van der Waals surface area (Å²) in [6.07, 6.45) is 0.0110. The Morgan fingerprint density at radius 3 is 2.64 bits per heavy atom. The zero-order valence-electron chi connectivity index (χ0n) is 7.83. The molecule has 0 aliphatic rings. The lowest BCUT2D eigenvalue weighted by Gasteiger charge is -2.22. The second-order valence-electron chi connectivity index (χ2n) is 3.40. The summed E-state index contributed by atoms with van der Waals surface area (Å²) in [4.78, 5) is 10.8. The average molecular weight is 213 g/mol. The molecule has 0 aliphatic heterocycles. The van der Waals surface area contributed by atoms with Gasteiger partial charge in [0.25, 0.3) is 0 Å². The largest absolute Gasteiger partial charge is 0.370 e. The summed E-state index contributed by atoms with van der Waals surface area (Å²) >= 11 is 4.24. The lowest BCUT2D eigenvalue weighted by Crippen LogP contribution is -2.25. The van der Waals surface area contributed by atoms with Crippen LogP contribution in [0.5, 0.6) is 0 Å². The number of benzene rings is 1. The minimum atomic E-state index is -0.850. The lowest BCUT2D eigenvalue weighted by atomic mass is 9.96. The molecule has 1 aromatic carbocycles. The summed E-state index contributed by atoms with van der Waals surface area (Å²) in [5.41, 5.74) is 5.45. The first-order valence-corrected chi connectivity index (χ1v) is 4.64. The van der Waals surface area contributed by atoms with Crippen molar-refractivity contribution in [2.24, 2.45) is 5.73 Å². The minimum Gasteiger partial charge on any atom is -0.370 e. The first-order valence-electron chi connectivity index (χ1n) is 4.19.